The highest BCUT2D eigenvalue weighted by Crippen LogP contribution is 2.36. The molecule has 3 rings (SSSR count). The van der Waals surface area contributed by atoms with Gasteiger partial charge in [-0.3, -0.25) is 4.84 Å². The Morgan fingerprint density at radius 2 is 1.71 bits per heavy atom. The van der Waals surface area contributed by atoms with Crippen LogP contribution in [0.1, 0.15) is 22.4 Å². The molecular formula is C22H26N2O6S. The van der Waals surface area contributed by atoms with Gasteiger partial charge in [0.25, 0.3) is 15.9 Å². The van der Waals surface area contributed by atoms with E-state index >= 15 is 0 Å². The van der Waals surface area contributed by atoms with E-state index < -0.39 is 10.0 Å². The van der Waals surface area contributed by atoms with E-state index in [1.54, 1.807) is 45.0 Å². The van der Waals surface area contributed by atoms with Crippen LogP contribution in [0.4, 0.5) is 5.88 Å². The summed E-state index contributed by atoms with van der Waals surface area (Å²) >= 11 is 0. The molecule has 0 atom stereocenters. The van der Waals surface area contributed by atoms with Crippen LogP contribution in [0, 0.1) is 27.7 Å². The standard InChI is InChI=1S/C22H26N2O6S/c1-15-9-11-19(12-10-15)29-21-16(2)7-6-8-20(21)31(25,26)24(28-14-13-27-5)22-17(3)18(4)23-30-22/h6-12H,13-14H2,1-5H3. The zero-order valence-corrected chi connectivity index (χ0v) is 19.0. The van der Waals surface area contributed by atoms with Crippen LogP contribution in [0.25, 0.3) is 0 Å². The first-order chi connectivity index (χ1) is 14.8. The van der Waals surface area contributed by atoms with Crippen LogP contribution in [0.15, 0.2) is 51.9 Å². The van der Waals surface area contributed by atoms with Crippen LogP contribution in [0.3, 0.4) is 0 Å². The number of sulfonamides is 1. The molecule has 1 heterocycles. The van der Waals surface area contributed by atoms with Gasteiger partial charge in [0.1, 0.15) is 10.6 Å². The lowest BCUT2D eigenvalue weighted by atomic mass is 10.2. The van der Waals surface area contributed by atoms with Crippen molar-refractivity contribution in [3.05, 3.63) is 64.8 Å². The Balaban J connectivity index is 2.08. The maximum Gasteiger partial charge on any atom is 0.293 e. The number of ether oxygens (including phenoxy) is 2. The maximum absolute atomic E-state index is 13.7. The van der Waals surface area contributed by atoms with Crippen LogP contribution >= 0.6 is 0 Å². The van der Waals surface area contributed by atoms with Gasteiger partial charge in [0, 0.05) is 12.7 Å². The lowest BCUT2D eigenvalue weighted by Gasteiger charge is -2.23. The van der Waals surface area contributed by atoms with Crippen molar-refractivity contribution in [1.29, 1.82) is 0 Å². The minimum Gasteiger partial charge on any atom is -0.456 e. The molecule has 1 aromatic heterocycles. The Labute approximate surface area is 182 Å². The average molecular weight is 447 g/mol. The molecule has 0 radical (unpaired) electrons. The molecule has 0 N–H and O–H groups in total. The highest BCUT2D eigenvalue weighted by atomic mass is 32.2. The highest BCUT2D eigenvalue weighted by Gasteiger charge is 2.34. The van der Waals surface area contributed by atoms with Crippen molar-refractivity contribution in [2.45, 2.75) is 32.6 Å². The first kappa shape index (κ1) is 22.8. The van der Waals surface area contributed by atoms with E-state index in [0.29, 0.717) is 22.6 Å². The number of benzene rings is 2. The van der Waals surface area contributed by atoms with Crippen LogP contribution < -0.4 is 9.21 Å². The molecule has 166 valence electrons. The van der Waals surface area contributed by atoms with Crippen molar-refractivity contribution in [1.82, 2.24) is 5.16 Å². The van der Waals surface area contributed by atoms with Crippen molar-refractivity contribution in [2.24, 2.45) is 0 Å². The van der Waals surface area contributed by atoms with Crippen molar-refractivity contribution >= 4 is 15.9 Å². The van der Waals surface area contributed by atoms with E-state index in [4.69, 9.17) is 18.8 Å². The number of rotatable bonds is 9. The third-order valence-electron chi connectivity index (χ3n) is 4.71. The van der Waals surface area contributed by atoms with E-state index in [9.17, 15) is 8.42 Å². The van der Waals surface area contributed by atoms with E-state index in [1.165, 1.54) is 13.2 Å². The first-order valence-corrected chi connectivity index (χ1v) is 11.1. The van der Waals surface area contributed by atoms with E-state index in [2.05, 4.69) is 5.16 Å². The van der Waals surface area contributed by atoms with Gasteiger partial charge in [0.15, 0.2) is 5.75 Å². The summed E-state index contributed by atoms with van der Waals surface area (Å²) in [5, 5.41) is 3.86. The predicted octanol–water partition coefficient (Wildman–Crippen LogP) is 4.47. The van der Waals surface area contributed by atoms with Crippen LogP contribution in [-0.2, 0) is 19.6 Å². The largest absolute Gasteiger partial charge is 0.456 e. The van der Waals surface area contributed by atoms with Crippen molar-refractivity contribution < 1.29 is 27.3 Å². The van der Waals surface area contributed by atoms with Gasteiger partial charge in [-0.1, -0.05) is 35.0 Å². The first-order valence-electron chi connectivity index (χ1n) is 9.70. The Morgan fingerprint density at radius 3 is 2.32 bits per heavy atom. The molecule has 0 saturated heterocycles. The van der Waals surface area contributed by atoms with Crippen molar-refractivity contribution in [3.8, 4) is 11.5 Å². The SMILES string of the molecule is COCCON(c1onc(C)c1C)S(=O)(=O)c1cccc(C)c1Oc1ccc(C)cc1. The van der Waals surface area contributed by atoms with E-state index in [-0.39, 0.29) is 29.7 Å². The summed E-state index contributed by atoms with van der Waals surface area (Å²) in [4.78, 5) is 5.52. The lowest BCUT2D eigenvalue weighted by molar-refractivity contribution is 0.0726. The minimum atomic E-state index is -4.23. The van der Waals surface area contributed by atoms with Gasteiger partial charge in [-0.05, 0) is 51.5 Å². The van der Waals surface area contributed by atoms with Gasteiger partial charge in [0.2, 0.25) is 0 Å². The molecule has 0 spiro atoms. The fraction of sp³-hybridized carbons (Fsp3) is 0.318. The second-order valence-corrected chi connectivity index (χ2v) is 8.80. The molecule has 0 amide bonds. The molecule has 0 saturated carbocycles. The normalized spacial score (nSPS) is 11.5. The smallest absolute Gasteiger partial charge is 0.293 e. The quantitative estimate of drug-likeness (QED) is 0.354. The Morgan fingerprint density at radius 1 is 1.00 bits per heavy atom. The number of para-hydroxylation sites is 1. The minimum absolute atomic E-state index is 0.00507. The summed E-state index contributed by atoms with van der Waals surface area (Å²) in [7, 11) is -2.73. The molecule has 0 fully saturated rings. The zero-order valence-electron chi connectivity index (χ0n) is 18.2. The van der Waals surface area contributed by atoms with E-state index in [0.717, 1.165) is 10.0 Å². The third-order valence-corrected chi connectivity index (χ3v) is 6.29. The monoisotopic (exact) mass is 446 g/mol. The van der Waals surface area contributed by atoms with Gasteiger partial charge in [-0.15, -0.1) is 4.47 Å². The number of anilines is 1. The molecule has 0 bridgehead atoms. The topological polar surface area (TPSA) is 91.1 Å². The summed E-state index contributed by atoms with van der Waals surface area (Å²) in [6, 6.07) is 12.3. The number of methoxy groups -OCH3 is 1. The summed E-state index contributed by atoms with van der Waals surface area (Å²) in [6.45, 7) is 7.37. The van der Waals surface area contributed by atoms with Gasteiger partial charge < -0.3 is 14.0 Å². The number of nitrogens with zero attached hydrogens (tertiary/aromatic N) is 2. The lowest BCUT2D eigenvalue weighted by Crippen LogP contribution is -2.33. The van der Waals surface area contributed by atoms with Gasteiger partial charge in [-0.2, -0.15) is 8.42 Å². The molecule has 0 aliphatic carbocycles. The Hall–Kier alpha value is -2.88. The Bertz CT molecular complexity index is 1140. The van der Waals surface area contributed by atoms with Crippen molar-refractivity contribution in [2.75, 3.05) is 24.8 Å². The number of aromatic nitrogens is 1. The summed E-state index contributed by atoms with van der Waals surface area (Å²) in [5.74, 6) is 0.715. The molecule has 3 aromatic rings. The third kappa shape index (κ3) is 4.90. The molecule has 8 nitrogen and oxygen atoms in total. The summed E-state index contributed by atoms with van der Waals surface area (Å²) in [6.07, 6.45) is 0. The van der Waals surface area contributed by atoms with Crippen LogP contribution in [0.2, 0.25) is 0 Å². The number of hydrogen-bond acceptors (Lipinski definition) is 7. The van der Waals surface area contributed by atoms with E-state index in [1.807, 2.05) is 19.1 Å². The second kappa shape index (κ2) is 9.51. The van der Waals surface area contributed by atoms with Crippen LogP contribution in [0.5, 0.6) is 11.5 Å². The fourth-order valence-corrected chi connectivity index (χ4v) is 4.26. The highest BCUT2D eigenvalue weighted by molar-refractivity contribution is 7.92. The number of hydrogen-bond donors (Lipinski definition) is 0. The predicted molar refractivity (Wildman–Crippen MR) is 116 cm³/mol. The summed E-state index contributed by atoms with van der Waals surface area (Å²) < 4.78 is 44.4. The van der Waals surface area contributed by atoms with Crippen LogP contribution in [-0.4, -0.2) is 33.9 Å². The molecule has 0 unspecified atom stereocenters. The molecule has 9 heteroatoms. The fourth-order valence-electron chi connectivity index (χ4n) is 2.79. The molecule has 2 aromatic carbocycles. The van der Waals surface area contributed by atoms with Gasteiger partial charge in [0.05, 0.1) is 18.9 Å². The molecule has 0 aliphatic rings. The zero-order chi connectivity index (χ0) is 22.6. The Kier molecular flexibility index (Phi) is 6.99. The maximum atomic E-state index is 13.7. The molecule has 0 aliphatic heterocycles. The average Bonchev–Trinajstić information content (AvgIpc) is 3.06. The second-order valence-electron chi connectivity index (χ2n) is 7.07. The van der Waals surface area contributed by atoms with Gasteiger partial charge >= 0.3 is 0 Å². The molecule has 31 heavy (non-hydrogen) atoms. The van der Waals surface area contributed by atoms with Gasteiger partial charge in [-0.25, -0.2) is 0 Å². The van der Waals surface area contributed by atoms with Crippen molar-refractivity contribution in [3.63, 3.8) is 0 Å². The molecular weight excluding hydrogens is 420 g/mol. The summed E-state index contributed by atoms with van der Waals surface area (Å²) in [5.41, 5.74) is 2.84. The number of aryl methyl sites for hydroxylation is 3.